The molecule has 0 aliphatic heterocycles. The number of aliphatic hydroxyl groups excluding tert-OH is 1. The van der Waals surface area contributed by atoms with Crippen LogP contribution in [0, 0.1) is 28.6 Å². The smallest absolute Gasteiger partial charge is 0.338 e. The number of ether oxygens (including phenoxy) is 3. The van der Waals surface area contributed by atoms with Crippen LogP contribution in [0.1, 0.15) is 0 Å². The zero-order chi connectivity index (χ0) is 12.9. The van der Waals surface area contributed by atoms with Crippen LogP contribution in [-0.4, -0.2) is 50.7 Å². The highest BCUT2D eigenvalue weighted by molar-refractivity contribution is 5.78. The van der Waals surface area contributed by atoms with Gasteiger partial charge in [0.1, 0.15) is 6.61 Å². The molecule has 0 aromatic heterocycles. The van der Waals surface area contributed by atoms with Crippen LogP contribution in [0.4, 0.5) is 0 Å². The molecule has 0 aliphatic carbocycles. The van der Waals surface area contributed by atoms with Crippen molar-refractivity contribution in [1.29, 1.82) is 10.5 Å². The first-order chi connectivity index (χ1) is 8.26. The van der Waals surface area contributed by atoms with E-state index in [1.54, 1.807) is 0 Å². The SMILES string of the molecule is N#CC(C#N)C(=O)OCCOCCOCCO. The van der Waals surface area contributed by atoms with E-state index < -0.39 is 11.9 Å². The molecule has 7 heteroatoms. The molecule has 0 heterocycles. The van der Waals surface area contributed by atoms with Gasteiger partial charge in [-0.3, -0.25) is 0 Å². The monoisotopic (exact) mass is 242 g/mol. The summed E-state index contributed by atoms with van der Waals surface area (Å²) in [5.74, 6) is -2.25. The second-order valence-electron chi connectivity index (χ2n) is 2.81. The third kappa shape index (κ3) is 8.17. The largest absolute Gasteiger partial charge is 0.461 e. The lowest BCUT2D eigenvalue weighted by Gasteiger charge is -2.06. The molecular weight excluding hydrogens is 228 g/mol. The number of carbonyl (C=O) groups is 1. The minimum Gasteiger partial charge on any atom is -0.461 e. The van der Waals surface area contributed by atoms with E-state index >= 15 is 0 Å². The van der Waals surface area contributed by atoms with Crippen molar-refractivity contribution in [3.63, 3.8) is 0 Å². The molecule has 0 saturated heterocycles. The van der Waals surface area contributed by atoms with Crippen molar-refractivity contribution in [2.24, 2.45) is 5.92 Å². The zero-order valence-corrected chi connectivity index (χ0v) is 9.29. The summed E-state index contributed by atoms with van der Waals surface area (Å²) in [5, 5.41) is 25.1. The summed E-state index contributed by atoms with van der Waals surface area (Å²) in [5.41, 5.74) is 0. The molecular formula is C10H14N2O5. The second kappa shape index (κ2) is 10.8. The Morgan fingerprint density at radius 3 is 2.12 bits per heavy atom. The fourth-order valence-corrected chi connectivity index (χ4v) is 0.805. The van der Waals surface area contributed by atoms with Crippen molar-refractivity contribution in [2.75, 3.05) is 39.6 Å². The van der Waals surface area contributed by atoms with Gasteiger partial charge in [0, 0.05) is 0 Å². The minimum atomic E-state index is -1.39. The van der Waals surface area contributed by atoms with Crippen LogP contribution in [0.3, 0.4) is 0 Å². The van der Waals surface area contributed by atoms with E-state index in [0.717, 1.165) is 0 Å². The third-order valence-corrected chi connectivity index (χ3v) is 1.57. The van der Waals surface area contributed by atoms with Crippen LogP contribution in [0.5, 0.6) is 0 Å². The number of nitrogens with zero attached hydrogens (tertiary/aromatic N) is 2. The van der Waals surface area contributed by atoms with Crippen molar-refractivity contribution >= 4 is 5.97 Å². The van der Waals surface area contributed by atoms with Gasteiger partial charge in [-0.25, -0.2) is 4.79 Å². The van der Waals surface area contributed by atoms with Crippen molar-refractivity contribution in [1.82, 2.24) is 0 Å². The molecule has 0 amide bonds. The molecule has 0 unspecified atom stereocenters. The number of rotatable bonds is 9. The minimum absolute atomic E-state index is 0.0152. The maximum Gasteiger partial charge on any atom is 0.338 e. The van der Waals surface area contributed by atoms with E-state index in [9.17, 15) is 4.79 Å². The highest BCUT2D eigenvalue weighted by Crippen LogP contribution is 1.95. The topological polar surface area (TPSA) is 113 Å². The van der Waals surface area contributed by atoms with Crippen molar-refractivity contribution in [3.8, 4) is 12.1 Å². The first kappa shape index (κ1) is 15.3. The average Bonchev–Trinajstić information content (AvgIpc) is 2.34. The van der Waals surface area contributed by atoms with Gasteiger partial charge in [0.05, 0.1) is 45.2 Å². The van der Waals surface area contributed by atoms with Gasteiger partial charge in [0.15, 0.2) is 0 Å². The molecule has 0 spiro atoms. The van der Waals surface area contributed by atoms with Gasteiger partial charge in [-0.2, -0.15) is 10.5 Å². The Morgan fingerprint density at radius 1 is 1.06 bits per heavy atom. The number of esters is 1. The fraction of sp³-hybridized carbons (Fsp3) is 0.700. The van der Waals surface area contributed by atoms with Crippen LogP contribution in [0.15, 0.2) is 0 Å². The van der Waals surface area contributed by atoms with Crippen LogP contribution in [0.2, 0.25) is 0 Å². The molecule has 7 nitrogen and oxygen atoms in total. The summed E-state index contributed by atoms with van der Waals surface area (Å²) < 4.78 is 14.6. The molecule has 0 fully saturated rings. The highest BCUT2D eigenvalue weighted by Gasteiger charge is 2.17. The van der Waals surface area contributed by atoms with Crippen molar-refractivity contribution in [3.05, 3.63) is 0 Å². The summed E-state index contributed by atoms with van der Waals surface area (Å²) in [6.45, 7) is 1.02. The van der Waals surface area contributed by atoms with E-state index in [1.165, 1.54) is 12.1 Å². The van der Waals surface area contributed by atoms with Crippen LogP contribution >= 0.6 is 0 Å². The van der Waals surface area contributed by atoms with Crippen LogP contribution in [0.25, 0.3) is 0 Å². The molecule has 94 valence electrons. The number of nitriles is 2. The quantitative estimate of drug-likeness (QED) is 0.416. The predicted octanol–water partition coefficient (Wildman–Crippen LogP) is -0.782. The predicted molar refractivity (Wildman–Crippen MR) is 54.4 cm³/mol. The van der Waals surface area contributed by atoms with Crippen LogP contribution < -0.4 is 0 Å². The molecule has 0 aromatic rings. The molecule has 0 atom stereocenters. The Balaban J connectivity index is 3.38. The highest BCUT2D eigenvalue weighted by atomic mass is 16.6. The second-order valence-corrected chi connectivity index (χ2v) is 2.81. The number of hydrogen-bond acceptors (Lipinski definition) is 7. The van der Waals surface area contributed by atoms with Crippen molar-refractivity contribution < 1.29 is 24.1 Å². The maximum absolute atomic E-state index is 11.0. The van der Waals surface area contributed by atoms with Gasteiger partial charge in [-0.15, -0.1) is 0 Å². The molecule has 0 radical (unpaired) electrons. The zero-order valence-electron chi connectivity index (χ0n) is 9.29. The van der Waals surface area contributed by atoms with Gasteiger partial charge in [0.25, 0.3) is 0 Å². The molecule has 1 N–H and O–H groups in total. The average molecular weight is 242 g/mol. The summed E-state index contributed by atoms with van der Waals surface area (Å²) in [6.07, 6.45) is 0. The van der Waals surface area contributed by atoms with Gasteiger partial charge < -0.3 is 19.3 Å². The number of aliphatic hydroxyl groups is 1. The van der Waals surface area contributed by atoms with Crippen molar-refractivity contribution in [2.45, 2.75) is 0 Å². The Labute approximate surface area is 99.1 Å². The van der Waals surface area contributed by atoms with E-state index in [0.29, 0.717) is 13.2 Å². The molecule has 0 aromatic carbocycles. The van der Waals surface area contributed by atoms with Crippen LogP contribution in [-0.2, 0) is 19.0 Å². The molecule has 0 bridgehead atoms. The number of carbonyl (C=O) groups excluding carboxylic acids is 1. The maximum atomic E-state index is 11.0. The Morgan fingerprint density at radius 2 is 1.59 bits per heavy atom. The summed E-state index contributed by atoms with van der Waals surface area (Å²) in [6, 6.07) is 3.01. The standard InChI is InChI=1S/C10H14N2O5/c11-7-9(8-12)10(14)17-6-5-16-4-3-15-2-1-13/h9,13H,1-6H2. The van der Waals surface area contributed by atoms with E-state index in [2.05, 4.69) is 4.74 Å². The summed E-state index contributed by atoms with van der Waals surface area (Å²) in [4.78, 5) is 11.0. The molecule has 17 heavy (non-hydrogen) atoms. The Bertz CT molecular complexity index is 280. The fourth-order valence-electron chi connectivity index (χ4n) is 0.805. The van der Waals surface area contributed by atoms with Gasteiger partial charge >= 0.3 is 5.97 Å². The van der Waals surface area contributed by atoms with E-state index in [-0.39, 0.29) is 26.4 Å². The third-order valence-electron chi connectivity index (χ3n) is 1.57. The lowest BCUT2D eigenvalue weighted by Crippen LogP contribution is -2.18. The molecule has 0 saturated carbocycles. The van der Waals surface area contributed by atoms with Gasteiger partial charge in [-0.1, -0.05) is 0 Å². The molecule has 0 aliphatic rings. The van der Waals surface area contributed by atoms with Gasteiger partial charge in [0.2, 0.25) is 5.92 Å². The first-order valence-electron chi connectivity index (χ1n) is 4.98. The Hall–Kier alpha value is -1.67. The lowest BCUT2D eigenvalue weighted by molar-refractivity contribution is -0.146. The first-order valence-corrected chi connectivity index (χ1v) is 4.98. The van der Waals surface area contributed by atoms with E-state index in [1.807, 2.05) is 0 Å². The Kier molecular flexibility index (Phi) is 9.77. The summed E-state index contributed by atoms with van der Waals surface area (Å²) >= 11 is 0. The lowest BCUT2D eigenvalue weighted by atomic mass is 10.2. The molecule has 0 rings (SSSR count). The normalized spacial score (nSPS) is 9.65. The number of hydrogen-bond donors (Lipinski definition) is 1. The summed E-state index contributed by atoms with van der Waals surface area (Å²) in [7, 11) is 0. The van der Waals surface area contributed by atoms with E-state index in [4.69, 9.17) is 25.1 Å². The van der Waals surface area contributed by atoms with Gasteiger partial charge in [-0.05, 0) is 0 Å².